The van der Waals surface area contributed by atoms with E-state index in [4.69, 9.17) is 9.84 Å². The fraction of sp³-hybridized carbons (Fsp3) is 1.00. The molecular formula is C8H17NO4S. The third-order valence-corrected chi connectivity index (χ3v) is 4.42. The van der Waals surface area contributed by atoms with Crippen LogP contribution >= 0.6 is 0 Å². The van der Waals surface area contributed by atoms with E-state index in [1.807, 2.05) is 0 Å². The Labute approximate surface area is 84.5 Å². The van der Waals surface area contributed by atoms with Crippen molar-refractivity contribution in [2.75, 3.05) is 13.7 Å². The molecule has 1 aliphatic carbocycles. The van der Waals surface area contributed by atoms with E-state index in [-0.39, 0.29) is 18.8 Å². The lowest BCUT2D eigenvalue weighted by Gasteiger charge is -2.34. The second kappa shape index (κ2) is 4.57. The molecule has 14 heavy (non-hydrogen) atoms. The normalized spacial score (nSPS) is 29.6. The molecule has 1 aliphatic rings. The summed E-state index contributed by atoms with van der Waals surface area (Å²) >= 11 is 0. The van der Waals surface area contributed by atoms with Crippen molar-refractivity contribution in [1.82, 2.24) is 4.72 Å². The minimum absolute atomic E-state index is 0.0288. The molecule has 0 heterocycles. The largest absolute Gasteiger partial charge is 0.395 e. The molecule has 1 rings (SSSR count). The van der Waals surface area contributed by atoms with Gasteiger partial charge in [-0.15, -0.1) is 0 Å². The molecule has 2 N–H and O–H groups in total. The second-order valence-electron chi connectivity index (χ2n) is 3.68. The van der Waals surface area contributed by atoms with Gasteiger partial charge < -0.3 is 9.84 Å². The molecule has 1 fully saturated rings. The lowest BCUT2D eigenvalue weighted by Crippen LogP contribution is -2.50. The highest BCUT2D eigenvalue weighted by atomic mass is 32.2. The van der Waals surface area contributed by atoms with Crippen LogP contribution in [0, 0.1) is 0 Å². The van der Waals surface area contributed by atoms with Gasteiger partial charge in [0.2, 0.25) is 10.0 Å². The first-order chi connectivity index (χ1) is 6.49. The molecule has 0 aliphatic heterocycles. The number of aliphatic hydroxyl groups is 1. The Morgan fingerprint density at radius 1 is 1.57 bits per heavy atom. The summed E-state index contributed by atoms with van der Waals surface area (Å²) in [5, 5.41) is 7.98. The van der Waals surface area contributed by atoms with Crippen molar-refractivity contribution in [3.8, 4) is 0 Å². The van der Waals surface area contributed by atoms with Gasteiger partial charge in [0.25, 0.3) is 0 Å². The lowest BCUT2D eigenvalue weighted by molar-refractivity contribution is 0.0235. The van der Waals surface area contributed by atoms with Crippen LogP contribution < -0.4 is 4.72 Å². The molecule has 1 unspecified atom stereocenters. The van der Waals surface area contributed by atoms with Crippen LogP contribution in [0.1, 0.15) is 19.8 Å². The van der Waals surface area contributed by atoms with E-state index in [0.717, 1.165) is 0 Å². The number of sulfonamides is 1. The summed E-state index contributed by atoms with van der Waals surface area (Å²) in [6.07, 6.45) is 1.61. The summed E-state index contributed by atoms with van der Waals surface area (Å²) in [7, 11) is -1.74. The summed E-state index contributed by atoms with van der Waals surface area (Å²) in [6, 6.07) is -0.0288. The maximum atomic E-state index is 11.4. The van der Waals surface area contributed by atoms with Crippen molar-refractivity contribution in [3.63, 3.8) is 0 Å². The summed E-state index contributed by atoms with van der Waals surface area (Å²) in [5.74, 6) is 0. The van der Waals surface area contributed by atoms with Gasteiger partial charge in [-0.1, -0.05) is 0 Å². The number of nitrogens with one attached hydrogen (secondary N) is 1. The molecule has 84 valence electrons. The van der Waals surface area contributed by atoms with Crippen LogP contribution in [0.25, 0.3) is 0 Å². The second-order valence-corrected chi connectivity index (χ2v) is 5.81. The maximum absolute atomic E-state index is 11.4. The third-order valence-electron chi connectivity index (χ3n) is 2.55. The van der Waals surface area contributed by atoms with Gasteiger partial charge in [0.05, 0.1) is 18.0 Å². The zero-order valence-corrected chi connectivity index (χ0v) is 9.25. The van der Waals surface area contributed by atoms with Crippen molar-refractivity contribution in [2.24, 2.45) is 0 Å². The average molecular weight is 223 g/mol. The Balaban J connectivity index is 2.38. The average Bonchev–Trinajstić information content (AvgIpc) is 2.09. The number of methoxy groups -OCH3 is 1. The first-order valence-electron chi connectivity index (χ1n) is 4.64. The highest BCUT2D eigenvalue weighted by Gasteiger charge is 2.33. The highest BCUT2D eigenvalue weighted by molar-refractivity contribution is 7.90. The van der Waals surface area contributed by atoms with Gasteiger partial charge in [0.1, 0.15) is 0 Å². The Morgan fingerprint density at radius 2 is 2.14 bits per heavy atom. The molecule has 1 saturated carbocycles. The van der Waals surface area contributed by atoms with Crippen molar-refractivity contribution < 1.29 is 18.3 Å². The molecule has 0 bridgehead atoms. The Kier molecular flexibility index (Phi) is 3.88. The van der Waals surface area contributed by atoms with Crippen LogP contribution in [0.3, 0.4) is 0 Å². The molecule has 6 heteroatoms. The van der Waals surface area contributed by atoms with Gasteiger partial charge in [-0.05, 0) is 19.8 Å². The molecule has 0 aromatic carbocycles. The standard InChI is InChI=1S/C8H17NO4S/c1-6(5-10)14(11,12)9-7-3-8(4-7)13-2/h6-10H,3-5H2,1-2H3. The van der Waals surface area contributed by atoms with Gasteiger partial charge >= 0.3 is 0 Å². The monoisotopic (exact) mass is 223 g/mol. The van der Waals surface area contributed by atoms with Gasteiger partial charge in [-0.25, -0.2) is 13.1 Å². The summed E-state index contributed by atoms with van der Waals surface area (Å²) < 4.78 is 30.5. The fourth-order valence-corrected chi connectivity index (χ4v) is 2.39. The van der Waals surface area contributed by atoms with Gasteiger partial charge in [0, 0.05) is 13.2 Å². The van der Waals surface area contributed by atoms with Crippen molar-refractivity contribution >= 4 is 10.0 Å². The van der Waals surface area contributed by atoms with Crippen LogP contribution in [0.4, 0.5) is 0 Å². The molecule has 0 amide bonds. The number of hydrogen-bond acceptors (Lipinski definition) is 4. The van der Waals surface area contributed by atoms with Crippen molar-refractivity contribution in [2.45, 2.75) is 37.2 Å². The summed E-state index contributed by atoms with van der Waals surface area (Å²) in [4.78, 5) is 0. The van der Waals surface area contributed by atoms with Crippen LogP contribution in [-0.2, 0) is 14.8 Å². The zero-order chi connectivity index (χ0) is 10.8. The van der Waals surface area contributed by atoms with E-state index in [1.165, 1.54) is 6.92 Å². The van der Waals surface area contributed by atoms with E-state index >= 15 is 0 Å². The summed E-state index contributed by atoms with van der Waals surface area (Å²) in [5.41, 5.74) is 0. The first-order valence-corrected chi connectivity index (χ1v) is 6.19. The van der Waals surface area contributed by atoms with Crippen LogP contribution in [-0.4, -0.2) is 44.6 Å². The number of ether oxygens (including phenoxy) is 1. The Bertz CT molecular complexity index is 271. The number of hydrogen-bond donors (Lipinski definition) is 2. The zero-order valence-electron chi connectivity index (χ0n) is 8.43. The third kappa shape index (κ3) is 2.66. The molecule has 0 radical (unpaired) electrons. The fourth-order valence-electron chi connectivity index (χ4n) is 1.30. The Hall–Kier alpha value is -0.170. The minimum Gasteiger partial charge on any atom is -0.395 e. The van der Waals surface area contributed by atoms with Crippen LogP contribution in [0.2, 0.25) is 0 Å². The Morgan fingerprint density at radius 3 is 2.57 bits per heavy atom. The predicted octanol–water partition coefficient (Wildman–Crippen LogP) is -0.536. The van der Waals surface area contributed by atoms with Gasteiger partial charge in [-0.2, -0.15) is 0 Å². The predicted molar refractivity (Wildman–Crippen MR) is 52.4 cm³/mol. The molecule has 0 spiro atoms. The highest BCUT2D eigenvalue weighted by Crippen LogP contribution is 2.23. The first kappa shape index (κ1) is 11.9. The van der Waals surface area contributed by atoms with E-state index in [9.17, 15) is 8.42 Å². The number of rotatable bonds is 5. The molecule has 0 saturated heterocycles. The van der Waals surface area contributed by atoms with Crippen molar-refractivity contribution in [3.05, 3.63) is 0 Å². The lowest BCUT2D eigenvalue weighted by atomic mass is 9.90. The molecular weight excluding hydrogens is 206 g/mol. The van der Waals surface area contributed by atoms with Crippen molar-refractivity contribution in [1.29, 1.82) is 0 Å². The smallest absolute Gasteiger partial charge is 0.216 e. The SMILES string of the molecule is COC1CC(NS(=O)(=O)C(C)CO)C1. The molecule has 0 aromatic rings. The van der Waals surface area contributed by atoms with E-state index < -0.39 is 15.3 Å². The molecule has 1 atom stereocenters. The van der Waals surface area contributed by atoms with E-state index in [0.29, 0.717) is 12.8 Å². The summed E-state index contributed by atoms with van der Waals surface area (Å²) in [6.45, 7) is 1.13. The van der Waals surface area contributed by atoms with Gasteiger partial charge in [0.15, 0.2) is 0 Å². The van der Waals surface area contributed by atoms with Crippen LogP contribution in [0.5, 0.6) is 0 Å². The van der Waals surface area contributed by atoms with Gasteiger partial charge in [-0.3, -0.25) is 0 Å². The van der Waals surface area contributed by atoms with E-state index in [1.54, 1.807) is 7.11 Å². The minimum atomic E-state index is -3.36. The van der Waals surface area contributed by atoms with Crippen LogP contribution in [0.15, 0.2) is 0 Å². The van der Waals surface area contributed by atoms with E-state index in [2.05, 4.69) is 4.72 Å². The number of aliphatic hydroxyl groups excluding tert-OH is 1. The topological polar surface area (TPSA) is 75.6 Å². The maximum Gasteiger partial charge on any atom is 0.216 e. The molecule has 5 nitrogen and oxygen atoms in total. The quantitative estimate of drug-likeness (QED) is 0.656. The molecule has 0 aromatic heterocycles.